The average Bonchev–Trinajstić information content (AvgIpc) is 2.30. The number of piperidine rings is 1. The average molecular weight is 233 g/mol. The van der Waals surface area contributed by atoms with Crippen LogP contribution in [0.4, 0.5) is 0 Å². The van der Waals surface area contributed by atoms with Crippen molar-refractivity contribution in [1.82, 2.24) is 5.32 Å². The molecule has 0 saturated carbocycles. The van der Waals surface area contributed by atoms with Crippen molar-refractivity contribution in [3.8, 4) is 0 Å². The molecular formula is C15H23NO. The third kappa shape index (κ3) is 4.14. The third-order valence-corrected chi connectivity index (χ3v) is 3.53. The molecule has 1 aliphatic heterocycles. The molecule has 0 aromatic heterocycles. The lowest BCUT2D eigenvalue weighted by Crippen LogP contribution is -2.41. The van der Waals surface area contributed by atoms with Crippen molar-refractivity contribution in [3.63, 3.8) is 0 Å². The van der Waals surface area contributed by atoms with Gasteiger partial charge in [0.2, 0.25) is 0 Å². The van der Waals surface area contributed by atoms with Gasteiger partial charge in [-0.25, -0.2) is 0 Å². The molecule has 0 spiro atoms. The highest BCUT2D eigenvalue weighted by Crippen LogP contribution is 2.22. The molecule has 94 valence electrons. The summed E-state index contributed by atoms with van der Waals surface area (Å²) in [7, 11) is 0. The van der Waals surface area contributed by atoms with Gasteiger partial charge in [0.15, 0.2) is 0 Å². The summed E-state index contributed by atoms with van der Waals surface area (Å²) in [4.78, 5) is 0. The second-order valence-corrected chi connectivity index (χ2v) is 5.51. The lowest BCUT2D eigenvalue weighted by molar-refractivity contribution is 0.0371. The van der Waals surface area contributed by atoms with Gasteiger partial charge in [0.1, 0.15) is 0 Å². The van der Waals surface area contributed by atoms with E-state index in [9.17, 15) is 5.11 Å². The second kappa shape index (κ2) is 5.65. The van der Waals surface area contributed by atoms with E-state index in [0.717, 1.165) is 19.4 Å². The molecule has 1 aromatic carbocycles. The van der Waals surface area contributed by atoms with Crippen LogP contribution in [0.15, 0.2) is 30.3 Å². The van der Waals surface area contributed by atoms with E-state index in [4.69, 9.17) is 0 Å². The predicted molar refractivity (Wildman–Crippen MR) is 71.0 cm³/mol. The van der Waals surface area contributed by atoms with Crippen molar-refractivity contribution >= 4 is 0 Å². The van der Waals surface area contributed by atoms with Gasteiger partial charge in [0.25, 0.3) is 0 Å². The first-order valence-corrected chi connectivity index (χ1v) is 6.65. The Labute approximate surface area is 104 Å². The minimum atomic E-state index is -0.601. The number of hydrogen-bond acceptors (Lipinski definition) is 2. The first-order chi connectivity index (χ1) is 8.16. The maximum Gasteiger partial charge on any atom is 0.0674 e. The van der Waals surface area contributed by atoms with Crippen molar-refractivity contribution < 1.29 is 5.11 Å². The third-order valence-electron chi connectivity index (χ3n) is 3.53. The molecule has 2 atom stereocenters. The van der Waals surface area contributed by atoms with Gasteiger partial charge in [-0.15, -0.1) is 0 Å². The molecule has 0 aliphatic carbocycles. The van der Waals surface area contributed by atoms with E-state index in [1.54, 1.807) is 0 Å². The fraction of sp³-hybridized carbons (Fsp3) is 0.600. The largest absolute Gasteiger partial charge is 0.390 e. The lowest BCUT2D eigenvalue weighted by Gasteiger charge is -2.31. The van der Waals surface area contributed by atoms with Crippen LogP contribution in [0.25, 0.3) is 0 Å². The minimum absolute atomic E-state index is 0.488. The highest BCUT2D eigenvalue weighted by molar-refractivity contribution is 5.16. The SMILES string of the molecule is CC(O)(Cc1ccccc1)CC1CCCCN1. The number of nitrogens with one attached hydrogen (secondary N) is 1. The molecule has 1 fully saturated rings. The summed E-state index contributed by atoms with van der Waals surface area (Å²) in [6.45, 7) is 3.06. The summed E-state index contributed by atoms with van der Waals surface area (Å²) in [5.41, 5.74) is 0.615. The molecule has 0 bridgehead atoms. The zero-order chi connectivity index (χ0) is 12.1. The summed E-state index contributed by atoms with van der Waals surface area (Å²) in [5.74, 6) is 0. The smallest absolute Gasteiger partial charge is 0.0674 e. The second-order valence-electron chi connectivity index (χ2n) is 5.51. The fourth-order valence-corrected chi connectivity index (χ4v) is 2.74. The van der Waals surface area contributed by atoms with Crippen LogP contribution < -0.4 is 5.32 Å². The Balaban J connectivity index is 1.89. The van der Waals surface area contributed by atoms with Crippen molar-refractivity contribution in [3.05, 3.63) is 35.9 Å². The van der Waals surface area contributed by atoms with Crippen LogP contribution in [0.2, 0.25) is 0 Å². The Morgan fingerprint density at radius 1 is 1.29 bits per heavy atom. The molecule has 1 saturated heterocycles. The Bertz CT molecular complexity index is 328. The van der Waals surface area contributed by atoms with Crippen molar-refractivity contribution in [1.29, 1.82) is 0 Å². The Morgan fingerprint density at radius 3 is 2.71 bits per heavy atom. The number of benzene rings is 1. The topological polar surface area (TPSA) is 32.3 Å². The van der Waals surface area contributed by atoms with Crippen LogP contribution in [0.5, 0.6) is 0 Å². The normalized spacial score (nSPS) is 24.2. The van der Waals surface area contributed by atoms with Gasteiger partial charge in [-0.05, 0) is 38.3 Å². The molecule has 1 aliphatic rings. The van der Waals surface area contributed by atoms with Crippen LogP contribution in [-0.4, -0.2) is 23.3 Å². The van der Waals surface area contributed by atoms with Crippen LogP contribution in [-0.2, 0) is 6.42 Å². The number of rotatable bonds is 4. The van der Waals surface area contributed by atoms with Crippen molar-refractivity contribution in [2.75, 3.05) is 6.54 Å². The molecule has 0 radical (unpaired) electrons. The first kappa shape index (κ1) is 12.6. The van der Waals surface area contributed by atoms with Crippen molar-refractivity contribution in [2.24, 2.45) is 0 Å². The Morgan fingerprint density at radius 2 is 2.06 bits per heavy atom. The molecule has 0 amide bonds. The van der Waals surface area contributed by atoms with E-state index in [1.165, 1.54) is 24.8 Å². The van der Waals surface area contributed by atoms with E-state index in [2.05, 4.69) is 17.4 Å². The molecular weight excluding hydrogens is 210 g/mol. The molecule has 1 aromatic rings. The van der Waals surface area contributed by atoms with Gasteiger partial charge >= 0.3 is 0 Å². The first-order valence-electron chi connectivity index (χ1n) is 6.65. The van der Waals surface area contributed by atoms with E-state index >= 15 is 0 Å². The van der Waals surface area contributed by atoms with Gasteiger partial charge < -0.3 is 10.4 Å². The Kier molecular flexibility index (Phi) is 4.19. The molecule has 17 heavy (non-hydrogen) atoms. The van der Waals surface area contributed by atoms with Gasteiger partial charge in [0, 0.05) is 12.5 Å². The maximum atomic E-state index is 10.5. The van der Waals surface area contributed by atoms with Crippen LogP contribution >= 0.6 is 0 Å². The van der Waals surface area contributed by atoms with Gasteiger partial charge in [-0.3, -0.25) is 0 Å². The molecule has 2 heteroatoms. The predicted octanol–water partition coefficient (Wildman–Crippen LogP) is 2.51. The summed E-state index contributed by atoms with van der Waals surface area (Å²) in [6.07, 6.45) is 5.36. The minimum Gasteiger partial charge on any atom is -0.390 e. The van der Waals surface area contributed by atoms with Gasteiger partial charge in [0.05, 0.1) is 5.60 Å². The van der Waals surface area contributed by atoms with Crippen molar-refractivity contribution in [2.45, 2.75) is 50.7 Å². The van der Waals surface area contributed by atoms with E-state index < -0.39 is 5.60 Å². The van der Waals surface area contributed by atoms with Crippen LogP contribution in [0.1, 0.15) is 38.2 Å². The molecule has 2 nitrogen and oxygen atoms in total. The highest BCUT2D eigenvalue weighted by Gasteiger charge is 2.26. The zero-order valence-electron chi connectivity index (χ0n) is 10.7. The standard InChI is InChI=1S/C15H23NO/c1-15(17,11-13-7-3-2-4-8-13)12-14-9-5-6-10-16-14/h2-4,7-8,14,16-17H,5-6,9-12H2,1H3. The highest BCUT2D eigenvalue weighted by atomic mass is 16.3. The summed E-state index contributed by atoms with van der Waals surface area (Å²) in [6, 6.07) is 10.7. The van der Waals surface area contributed by atoms with Crippen LogP contribution in [0, 0.1) is 0 Å². The quantitative estimate of drug-likeness (QED) is 0.837. The fourth-order valence-electron chi connectivity index (χ4n) is 2.74. The lowest BCUT2D eigenvalue weighted by atomic mass is 9.87. The van der Waals surface area contributed by atoms with E-state index in [-0.39, 0.29) is 0 Å². The summed E-state index contributed by atoms with van der Waals surface area (Å²) in [5, 5.41) is 14.0. The van der Waals surface area contributed by atoms with Gasteiger partial charge in [-0.1, -0.05) is 36.8 Å². The molecule has 2 unspecified atom stereocenters. The monoisotopic (exact) mass is 233 g/mol. The van der Waals surface area contributed by atoms with Gasteiger partial charge in [-0.2, -0.15) is 0 Å². The van der Waals surface area contributed by atoms with Crippen LogP contribution in [0.3, 0.4) is 0 Å². The van der Waals surface area contributed by atoms with E-state index in [1.807, 2.05) is 25.1 Å². The number of hydrogen-bond donors (Lipinski definition) is 2. The summed E-state index contributed by atoms with van der Waals surface area (Å²) < 4.78 is 0. The zero-order valence-corrected chi connectivity index (χ0v) is 10.7. The Hall–Kier alpha value is -0.860. The molecule has 2 rings (SSSR count). The van der Waals surface area contributed by atoms with E-state index in [0.29, 0.717) is 6.04 Å². The molecule has 1 heterocycles. The maximum absolute atomic E-state index is 10.5. The molecule has 2 N–H and O–H groups in total. The summed E-state index contributed by atoms with van der Waals surface area (Å²) >= 11 is 0. The number of aliphatic hydroxyl groups is 1.